The molecule has 1 aromatic rings. The molecule has 126 valence electrons. The predicted molar refractivity (Wildman–Crippen MR) is 94.1 cm³/mol. The molecule has 0 spiro atoms. The zero-order chi connectivity index (χ0) is 15.9. The van der Waals surface area contributed by atoms with Crippen molar-refractivity contribution in [2.24, 2.45) is 0 Å². The molecule has 3 aliphatic rings. The fourth-order valence-corrected chi connectivity index (χ4v) is 4.79. The molecule has 3 nitrogen and oxygen atoms in total. The van der Waals surface area contributed by atoms with E-state index in [0.29, 0.717) is 0 Å². The van der Waals surface area contributed by atoms with E-state index in [-0.39, 0.29) is 5.60 Å². The number of benzene rings is 1. The van der Waals surface area contributed by atoms with Crippen LogP contribution < -0.4 is 4.74 Å². The van der Waals surface area contributed by atoms with Crippen LogP contribution in [0.2, 0.25) is 0 Å². The van der Waals surface area contributed by atoms with Crippen LogP contribution in [0.5, 0.6) is 5.75 Å². The minimum absolute atomic E-state index is 0.0875. The van der Waals surface area contributed by atoms with Crippen LogP contribution >= 0.6 is 0 Å². The van der Waals surface area contributed by atoms with Crippen molar-refractivity contribution in [1.29, 1.82) is 0 Å². The zero-order valence-corrected chi connectivity index (χ0v) is 14.7. The van der Waals surface area contributed by atoms with Gasteiger partial charge in [0.25, 0.3) is 0 Å². The lowest BCUT2D eigenvalue weighted by atomic mass is 9.94. The lowest BCUT2D eigenvalue weighted by molar-refractivity contribution is 0.0439. The van der Waals surface area contributed by atoms with Gasteiger partial charge in [-0.3, -0.25) is 9.80 Å². The highest BCUT2D eigenvalue weighted by Gasteiger charge is 2.43. The Morgan fingerprint density at radius 2 is 1.70 bits per heavy atom. The van der Waals surface area contributed by atoms with Gasteiger partial charge in [-0.2, -0.15) is 0 Å². The molecule has 3 saturated heterocycles. The molecule has 0 aliphatic carbocycles. The maximum absolute atomic E-state index is 6.67. The summed E-state index contributed by atoms with van der Waals surface area (Å²) in [6, 6.07) is 4.71. The second-order valence-corrected chi connectivity index (χ2v) is 7.96. The minimum Gasteiger partial charge on any atom is -0.485 e. The van der Waals surface area contributed by atoms with Crippen LogP contribution in [-0.2, 0) is 6.54 Å². The van der Waals surface area contributed by atoms with Crippen LogP contribution in [0.25, 0.3) is 0 Å². The Bertz CT molecular complexity index is 552. The number of rotatable bonds is 4. The number of fused-ring (bicyclic) bond motifs is 2. The van der Waals surface area contributed by atoms with E-state index in [1.165, 1.54) is 75.0 Å². The van der Waals surface area contributed by atoms with Gasteiger partial charge < -0.3 is 4.74 Å². The maximum Gasteiger partial charge on any atom is 0.126 e. The number of ether oxygens (including phenoxy) is 1. The van der Waals surface area contributed by atoms with Crippen LogP contribution in [0, 0.1) is 13.8 Å². The van der Waals surface area contributed by atoms with Gasteiger partial charge in [0, 0.05) is 26.1 Å². The summed E-state index contributed by atoms with van der Waals surface area (Å²) in [4.78, 5) is 5.14. The molecule has 0 aromatic heterocycles. The number of hydrogen-bond acceptors (Lipinski definition) is 3. The van der Waals surface area contributed by atoms with Crippen molar-refractivity contribution >= 4 is 0 Å². The molecule has 1 unspecified atom stereocenters. The first-order valence-corrected chi connectivity index (χ1v) is 9.37. The van der Waals surface area contributed by atoms with Crippen LogP contribution in [0.1, 0.15) is 48.8 Å². The van der Waals surface area contributed by atoms with E-state index in [1.807, 2.05) is 0 Å². The summed E-state index contributed by atoms with van der Waals surface area (Å²) in [5, 5.41) is 0. The number of nitrogens with zero attached hydrogens (tertiary/aromatic N) is 2. The normalized spacial score (nSPS) is 30.8. The topological polar surface area (TPSA) is 15.7 Å². The lowest BCUT2D eigenvalue weighted by Crippen LogP contribution is -2.43. The predicted octanol–water partition coefficient (Wildman–Crippen LogP) is 3.52. The summed E-state index contributed by atoms with van der Waals surface area (Å²) in [6.45, 7) is 11.7. The number of likely N-dealkylation sites (tertiary alicyclic amines) is 1. The number of hydrogen-bond donors (Lipinski definition) is 0. The molecule has 0 amide bonds. The molecule has 3 aliphatic heterocycles. The third-order valence-corrected chi connectivity index (χ3v) is 5.95. The Kier molecular flexibility index (Phi) is 4.10. The molecule has 2 atom stereocenters. The van der Waals surface area contributed by atoms with E-state index in [9.17, 15) is 0 Å². The Labute approximate surface area is 140 Å². The van der Waals surface area contributed by atoms with E-state index >= 15 is 0 Å². The van der Waals surface area contributed by atoms with Gasteiger partial charge in [-0.1, -0.05) is 12.1 Å². The average Bonchev–Trinajstić information content (AvgIpc) is 3.12. The van der Waals surface area contributed by atoms with Gasteiger partial charge in [-0.15, -0.1) is 0 Å². The van der Waals surface area contributed by atoms with E-state index in [1.54, 1.807) is 0 Å². The van der Waals surface area contributed by atoms with Crippen molar-refractivity contribution in [2.75, 3.05) is 32.7 Å². The Morgan fingerprint density at radius 1 is 0.957 bits per heavy atom. The largest absolute Gasteiger partial charge is 0.485 e. The smallest absolute Gasteiger partial charge is 0.126 e. The molecule has 3 heteroatoms. The van der Waals surface area contributed by atoms with E-state index in [0.717, 1.165) is 18.8 Å². The van der Waals surface area contributed by atoms with Crippen molar-refractivity contribution in [3.8, 4) is 5.75 Å². The third-order valence-electron chi connectivity index (χ3n) is 5.95. The Hall–Kier alpha value is -1.06. The summed E-state index contributed by atoms with van der Waals surface area (Å²) >= 11 is 0. The van der Waals surface area contributed by atoms with Gasteiger partial charge >= 0.3 is 0 Å². The highest BCUT2D eigenvalue weighted by atomic mass is 16.5. The average molecular weight is 314 g/mol. The summed E-state index contributed by atoms with van der Waals surface area (Å²) in [5.41, 5.74) is 4.17. The Morgan fingerprint density at radius 3 is 2.43 bits per heavy atom. The van der Waals surface area contributed by atoms with Gasteiger partial charge in [0.05, 0.1) is 0 Å². The molecule has 0 radical (unpaired) electrons. The monoisotopic (exact) mass is 314 g/mol. The van der Waals surface area contributed by atoms with Crippen molar-refractivity contribution < 1.29 is 4.74 Å². The van der Waals surface area contributed by atoms with Gasteiger partial charge in [-0.25, -0.2) is 0 Å². The van der Waals surface area contributed by atoms with Crippen LogP contribution in [0.3, 0.4) is 0 Å². The molecule has 0 saturated carbocycles. The Balaban J connectivity index is 1.52. The first-order valence-electron chi connectivity index (χ1n) is 9.37. The summed E-state index contributed by atoms with van der Waals surface area (Å²) in [6.07, 6.45) is 6.42. The minimum atomic E-state index is 0.0875. The molecular weight excluding hydrogens is 284 g/mol. The number of aryl methyl sites for hydroxylation is 2. The maximum atomic E-state index is 6.67. The molecule has 3 heterocycles. The zero-order valence-electron chi connectivity index (χ0n) is 14.7. The van der Waals surface area contributed by atoms with Crippen molar-refractivity contribution in [3.63, 3.8) is 0 Å². The fraction of sp³-hybridized carbons (Fsp3) is 0.700. The van der Waals surface area contributed by atoms with E-state index in [2.05, 4.69) is 35.8 Å². The standard InChI is InChI=1S/C20H30N2O/c1-16-12-18(14-21-8-3-4-9-21)13-17(2)19(16)23-20-6-5-10-22(15-20)11-7-20/h12-13H,3-11,14-15H2,1-2H3/t20-/m1/s1. The van der Waals surface area contributed by atoms with Crippen LogP contribution in [-0.4, -0.2) is 48.1 Å². The van der Waals surface area contributed by atoms with Gasteiger partial charge in [0.2, 0.25) is 0 Å². The third kappa shape index (κ3) is 3.14. The van der Waals surface area contributed by atoms with Crippen LogP contribution in [0.4, 0.5) is 0 Å². The fourth-order valence-electron chi connectivity index (χ4n) is 4.79. The molecule has 1 aromatic carbocycles. The molecule has 3 fully saturated rings. The second kappa shape index (κ2) is 6.10. The SMILES string of the molecule is Cc1cc(CN2CCCC2)cc(C)c1O[C@]12CCCN(CC1)C2. The summed E-state index contributed by atoms with van der Waals surface area (Å²) in [7, 11) is 0. The highest BCUT2D eigenvalue weighted by Crippen LogP contribution is 2.38. The second-order valence-electron chi connectivity index (χ2n) is 7.96. The molecule has 4 rings (SSSR count). The molecule has 2 bridgehead atoms. The van der Waals surface area contributed by atoms with Gasteiger partial charge in [0.1, 0.15) is 11.4 Å². The highest BCUT2D eigenvalue weighted by molar-refractivity contribution is 5.44. The first kappa shape index (κ1) is 15.5. The molecule has 0 N–H and O–H groups in total. The van der Waals surface area contributed by atoms with Gasteiger partial charge in [0.15, 0.2) is 0 Å². The quantitative estimate of drug-likeness (QED) is 0.846. The van der Waals surface area contributed by atoms with E-state index < -0.39 is 0 Å². The lowest BCUT2D eigenvalue weighted by Gasteiger charge is -2.35. The van der Waals surface area contributed by atoms with Crippen molar-refractivity contribution in [3.05, 3.63) is 28.8 Å². The summed E-state index contributed by atoms with van der Waals surface area (Å²) < 4.78 is 6.67. The van der Waals surface area contributed by atoms with Crippen LogP contribution in [0.15, 0.2) is 12.1 Å². The summed E-state index contributed by atoms with van der Waals surface area (Å²) in [5.74, 6) is 1.15. The molecule has 23 heavy (non-hydrogen) atoms. The van der Waals surface area contributed by atoms with Crippen molar-refractivity contribution in [2.45, 2.75) is 58.1 Å². The first-order chi connectivity index (χ1) is 11.1. The van der Waals surface area contributed by atoms with E-state index in [4.69, 9.17) is 4.74 Å². The van der Waals surface area contributed by atoms with Gasteiger partial charge in [-0.05, 0) is 75.9 Å². The number of piperidine rings is 1. The molecular formula is C20H30N2O. The van der Waals surface area contributed by atoms with Crippen molar-refractivity contribution in [1.82, 2.24) is 9.80 Å².